The minimum absolute atomic E-state index is 0.0290. The van der Waals surface area contributed by atoms with E-state index in [4.69, 9.17) is 0 Å². The number of nitro groups is 1. The Kier molecular flexibility index (Phi) is 3.98. The molecule has 0 aliphatic heterocycles. The molecule has 2 aromatic rings. The maximum Gasteiger partial charge on any atom is 0.305 e. The lowest BCUT2D eigenvalue weighted by atomic mass is 10.1. The Bertz CT molecular complexity index is 729. The molecular weight excluding hydrogens is 275 g/mol. The summed E-state index contributed by atoms with van der Waals surface area (Å²) in [6.07, 6.45) is 0. The third kappa shape index (κ3) is 3.22. The minimum Gasteiger partial charge on any atom is -0.322 e. The molecule has 0 aliphatic carbocycles. The fourth-order valence-corrected chi connectivity index (χ4v) is 1.82. The molecule has 0 spiro atoms. The van der Waals surface area contributed by atoms with Crippen LogP contribution < -0.4 is 5.32 Å². The van der Waals surface area contributed by atoms with Gasteiger partial charge in [0, 0.05) is 17.3 Å². The van der Waals surface area contributed by atoms with E-state index < -0.39 is 22.3 Å². The summed E-state index contributed by atoms with van der Waals surface area (Å²) in [4.78, 5) is 21.9. The van der Waals surface area contributed by atoms with Gasteiger partial charge in [-0.05, 0) is 49.2 Å². The molecule has 0 saturated carbocycles. The van der Waals surface area contributed by atoms with Crippen molar-refractivity contribution in [3.8, 4) is 0 Å². The molecule has 0 aromatic heterocycles. The van der Waals surface area contributed by atoms with Crippen molar-refractivity contribution in [2.24, 2.45) is 0 Å². The Hall–Kier alpha value is -2.76. The highest BCUT2D eigenvalue weighted by atomic mass is 19.1. The van der Waals surface area contributed by atoms with Crippen molar-refractivity contribution in [3.63, 3.8) is 0 Å². The van der Waals surface area contributed by atoms with Crippen LogP contribution in [0.15, 0.2) is 36.4 Å². The van der Waals surface area contributed by atoms with E-state index >= 15 is 0 Å². The zero-order chi connectivity index (χ0) is 15.6. The second-order valence-electron chi connectivity index (χ2n) is 4.68. The van der Waals surface area contributed by atoms with Crippen LogP contribution in [-0.2, 0) is 0 Å². The van der Waals surface area contributed by atoms with Crippen molar-refractivity contribution in [3.05, 3.63) is 69.0 Å². The van der Waals surface area contributed by atoms with Gasteiger partial charge in [0.25, 0.3) is 5.91 Å². The van der Waals surface area contributed by atoms with Crippen molar-refractivity contribution < 1.29 is 14.1 Å². The monoisotopic (exact) mass is 288 g/mol. The van der Waals surface area contributed by atoms with Crippen molar-refractivity contribution in [2.45, 2.75) is 13.8 Å². The quantitative estimate of drug-likeness (QED) is 0.692. The fourth-order valence-electron chi connectivity index (χ4n) is 1.82. The third-order valence-corrected chi connectivity index (χ3v) is 3.17. The lowest BCUT2D eigenvalue weighted by Gasteiger charge is -2.07. The molecule has 0 unspecified atom stereocenters. The number of rotatable bonds is 3. The Morgan fingerprint density at radius 2 is 1.86 bits per heavy atom. The van der Waals surface area contributed by atoms with Gasteiger partial charge in [0.15, 0.2) is 0 Å². The number of halogens is 1. The van der Waals surface area contributed by atoms with Gasteiger partial charge in [-0.25, -0.2) is 0 Å². The van der Waals surface area contributed by atoms with Gasteiger partial charge in [0.2, 0.25) is 5.82 Å². The Labute approximate surface area is 120 Å². The average Bonchev–Trinajstić information content (AvgIpc) is 2.43. The summed E-state index contributed by atoms with van der Waals surface area (Å²) in [5.41, 5.74) is 1.99. The lowest BCUT2D eigenvalue weighted by Crippen LogP contribution is -2.12. The predicted molar refractivity (Wildman–Crippen MR) is 76.9 cm³/mol. The number of aryl methyl sites for hydroxylation is 2. The molecular formula is C15H13FN2O3. The van der Waals surface area contributed by atoms with Crippen LogP contribution in [0.4, 0.5) is 15.8 Å². The first kappa shape index (κ1) is 14.6. The number of anilines is 1. The van der Waals surface area contributed by atoms with Gasteiger partial charge in [-0.3, -0.25) is 14.9 Å². The van der Waals surface area contributed by atoms with E-state index in [9.17, 15) is 19.3 Å². The van der Waals surface area contributed by atoms with Crippen LogP contribution in [0, 0.1) is 29.8 Å². The topological polar surface area (TPSA) is 72.2 Å². The number of nitrogens with one attached hydrogen (secondary N) is 1. The summed E-state index contributed by atoms with van der Waals surface area (Å²) in [7, 11) is 0. The molecule has 0 saturated heterocycles. The van der Waals surface area contributed by atoms with Crippen LogP contribution in [0.3, 0.4) is 0 Å². The van der Waals surface area contributed by atoms with E-state index in [-0.39, 0.29) is 5.56 Å². The maximum atomic E-state index is 13.2. The lowest BCUT2D eigenvalue weighted by molar-refractivity contribution is -0.387. The van der Waals surface area contributed by atoms with Crippen LogP contribution in [0.1, 0.15) is 21.5 Å². The van der Waals surface area contributed by atoms with Crippen LogP contribution in [0.2, 0.25) is 0 Å². The Morgan fingerprint density at radius 1 is 1.14 bits per heavy atom. The number of carbonyl (C=O) groups is 1. The van der Waals surface area contributed by atoms with Crippen LogP contribution in [-0.4, -0.2) is 10.8 Å². The molecule has 0 bridgehead atoms. The van der Waals surface area contributed by atoms with E-state index in [0.29, 0.717) is 5.69 Å². The SMILES string of the molecule is Cc1ccc(NC(=O)c2ccc(F)c([N+](=O)[O-])c2)cc1C. The van der Waals surface area contributed by atoms with Crippen molar-refractivity contribution in [1.82, 2.24) is 0 Å². The molecule has 0 atom stereocenters. The van der Waals surface area contributed by atoms with Gasteiger partial charge in [0.05, 0.1) is 4.92 Å². The van der Waals surface area contributed by atoms with Crippen LogP contribution >= 0.6 is 0 Å². The second kappa shape index (κ2) is 5.70. The van der Waals surface area contributed by atoms with Gasteiger partial charge in [-0.1, -0.05) is 6.07 Å². The molecule has 1 amide bonds. The summed E-state index contributed by atoms with van der Waals surface area (Å²) in [6.45, 7) is 3.86. The van der Waals surface area contributed by atoms with Crippen molar-refractivity contribution in [1.29, 1.82) is 0 Å². The summed E-state index contributed by atoms with van der Waals surface area (Å²) in [6, 6.07) is 8.43. The van der Waals surface area contributed by atoms with Gasteiger partial charge >= 0.3 is 5.69 Å². The van der Waals surface area contributed by atoms with Crippen LogP contribution in [0.25, 0.3) is 0 Å². The Morgan fingerprint density at radius 3 is 2.48 bits per heavy atom. The largest absolute Gasteiger partial charge is 0.322 e. The van der Waals surface area contributed by atoms with Gasteiger partial charge in [-0.15, -0.1) is 0 Å². The van der Waals surface area contributed by atoms with Gasteiger partial charge in [-0.2, -0.15) is 4.39 Å². The van der Waals surface area contributed by atoms with Gasteiger partial charge in [0.1, 0.15) is 0 Å². The molecule has 0 aliphatic rings. The summed E-state index contributed by atoms with van der Waals surface area (Å²) in [5, 5.41) is 13.3. The van der Waals surface area contributed by atoms with E-state index in [1.54, 1.807) is 12.1 Å². The molecule has 2 rings (SSSR count). The molecule has 2 aromatic carbocycles. The number of benzene rings is 2. The summed E-state index contributed by atoms with van der Waals surface area (Å²) >= 11 is 0. The number of nitro benzene ring substituents is 1. The molecule has 5 nitrogen and oxygen atoms in total. The second-order valence-corrected chi connectivity index (χ2v) is 4.68. The molecule has 21 heavy (non-hydrogen) atoms. The normalized spacial score (nSPS) is 10.2. The molecule has 1 N–H and O–H groups in total. The van der Waals surface area contributed by atoms with E-state index in [0.717, 1.165) is 23.3 Å². The number of hydrogen-bond acceptors (Lipinski definition) is 3. The minimum atomic E-state index is -0.970. The van der Waals surface area contributed by atoms with E-state index in [1.807, 2.05) is 19.9 Å². The Balaban J connectivity index is 2.26. The van der Waals surface area contributed by atoms with Crippen molar-refractivity contribution in [2.75, 3.05) is 5.32 Å². The highest BCUT2D eigenvalue weighted by Gasteiger charge is 2.17. The number of carbonyl (C=O) groups excluding carboxylic acids is 1. The molecule has 6 heteroatoms. The molecule has 108 valence electrons. The zero-order valence-corrected chi connectivity index (χ0v) is 11.5. The highest BCUT2D eigenvalue weighted by molar-refractivity contribution is 6.04. The highest BCUT2D eigenvalue weighted by Crippen LogP contribution is 2.20. The number of hydrogen-bond donors (Lipinski definition) is 1. The maximum absolute atomic E-state index is 13.2. The van der Waals surface area contributed by atoms with E-state index in [2.05, 4.69) is 5.32 Å². The number of amides is 1. The predicted octanol–water partition coefficient (Wildman–Crippen LogP) is 3.60. The molecule has 0 heterocycles. The molecule has 0 radical (unpaired) electrons. The third-order valence-electron chi connectivity index (χ3n) is 3.17. The first-order valence-corrected chi connectivity index (χ1v) is 6.21. The summed E-state index contributed by atoms with van der Waals surface area (Å²) in [5.74, 6) is -1.50. The summed E-state index contributed by atoms with van der Waals surface area (Å²) < 4.78 is 13.2. The van der Waals surface area contributed by atoms with E-state index in [1.165, 1.54) is 6.07 Å². The van der Waals surface area contributed by atoms with Crippen molar-refractivity contribution >= 4 is 17.3 Å². The first-order valence-electron chi connectivity index (χ1n) is 6.21. The molecule has 0 fully saturated rings. The standard InChI is InChI=1S/C15H13FN2O3/c1-9-3-5-12(7-10(9)2)17-15(19)11-4-6-13(16)14(8-11)18(20)21/h3-8H,1-2H3,(H,17,19). The zero-order valence-electron chi connectivity index (χ0n) is 11.5. The number of nitrogens with zero attached hydrogens (tertiary/aromatic N) is 1. The first-order chi connectivity index (χ1) is 9.88. The fraction of sp³-hybridized carbons (Fsp3) is 0.133. The van der Waals surface area contributed by atoms with Gasteiger partial charge < -0.3 is 5.32 Å². The average molecular weight is 288 g/mol. The van der Waals surface area contributed by atoms with Crippen LogP contribution in [0.5, 0.6) is 0 Å². The smallest absolute Gasteiger partial charge is 0.305 e.